The minimum absolute atomic E-state index is 0.271. The number of rotatable bonds is 5. The molecule has 2 aromatic rings. The monoisotopic (exact) mass is 335 g/mol. The van der Waals surface area contributed by atoms with Gasteiger partial charge in [-0.25, -0.2) is 0 Å². The summed E-state index contributed by atoms with van der Waals surface area (Å²) in [6.45, 7) is -0.271. The molecule has 0 bridgehead atoms. The molecule has 112 valence electrons. The van der Waals surface area contributed by atoms with Crippen molar-refractivity contribution in [1.82, 2.24) is 10.3 Å². The second kappa shape index (κ2) is 7.64. The molecule has 1 unspecified atom stereocenters. The molecule has 0 aliphatic carbocycles. The van der Waals surface area contributed by atoms with Crippen molar-refractivity contribution in [3.63, 3.8) is 0 Å². The van der Waals surface area contributed by atoms with Gasteiger partial charge in [0, 0.05) is 11.2 Å². The van der Waals surface area contributed by atoms with Gasteiger partial charge in [-0.2, -0.15) is 5.26 Å². The van der Waals surface area contributed by atoms with Crippen molar-refractivity contribution >= 4 is 29.1 Å². The summed E-state index contributed by atoms with van der Waals surface area (Å²) in [6, 6.07) is 10.9. The van der Waals surface area contributed by atoms with Gasteiger partial charge >= 0.3 is 0 Å². The smallest absolute Gasteiger partial charge is 0.259 e. The highest BCUT2D eigenvalue weighted by Gasteiger charge is 2.15. The van der Waals surface area contributed by atoms with E-state index in [4.69, 9.17) is 33.2 Å². The molecule has 1 amide bonds. The number of carbonyl (C=O) groups excluding carboxylic acids is 1. The summed E-state index contributed by atoms with van der Waals surface area (Å²) in [6.07, 6.45) is 1.55. The Balaban J connectivity index is 1.94. The van der Waals surface area contributed by atoms with Crippen LogP contribution in [-0.4, -0.2) is 17.5 Å². The average molecular weight is 336 g/mol. The van der Waals surface area contributed by atoms with Gasteiger partial charge in [0.25, 0.3) is 5.91 Å². The molecule has 0 aliphatic rings. The molecule has 1 atom stereocenters. The van der Waals surface area contributed by atoms with Crippen molar-refractivity contribution in [1.29, 1.82) is 5.26 Å². The van der Waals surface area contributed by atoms with Crippen LogP contribution in [0.2, 0.25) is 10.0 Å². The third kappa shape index (κ3) is 4.35. The molecule has 2 rings (SSSR count). The van der Waals surface area contributed by atoms with E-state index in [2.05, 4.69) is 10.3 Å². The number of carbonyl (C=O) groups is 1. The highest BCUT2D eigenvalue weighted by Crippen LogP contribution is 2.27. The number of ether oxygens (including phenoxy) is 1. The van der Waals surface area contributed by atoms with Crippen LogP contribution in [-0.2, 0) is 4.79 Å². The van der Waals surface area contributed by atoms with E-state index in [1.54, 1.807) is 36.5 Å². The predicted molar refractivity (Wildman–Crippen MR) is 82.7 cm³/mol. The van der Waals surface area contributed by atoms with Crippen molar-refractivity contribution in [3.8, 4) is 11.8 Å². The maximum atomic E-state index is 11.9. The van der Waals surface area contributed by atoms with Crippen molar-refractivity contribution < 1.29 is 9.53 Å². The lowest BCUT2D eigenvalue weighted by molar-refractivity contribution is -0.123. The fourth-order valence-corrected chi connectivity index (χ4v) is 2.12. The normalized spacial score (nSPS) is 11.3. The molecule has 22 heavy (non-hydrogen) atoms. The standard InChI is InChI=1S/C15H11Cl2N3O2/c16-10-4-5-14(11(17)7-10)22-9-15(21)20-13(8-18)12-3-1-2-6-19-12/h1-7,13H,9H2,(H,20,21). The number of amides is 1. The lowest BCUT2D eigenvalue weighted by Crippen LogP contribution is -2.32. The van der Waals surface area contributed by atoms with Crippen molar-refractivity contribution in [2.24, 2.45) is 0 Å². The van der Waals surface area contributed by atoms with Gasteiger partial charge in [-0.05, 0) is 30.3 Å². The lowest BCUT2D eigenvalue weighted by Gasteiger charge is -2.12. The summed E-state index contributed by atoms with van der Waals surface area (Å²) in [5.74, 6) is -0.115. The molecule has 0 saturated carbocycles. The minimum Gasteiger partial charge on any atom is -0.482 e. The Kier molecular flexibility index (Phi) is 5.59. The third-order valence-electron chi connectivity index (χ3n) is 2.67. The molecule has 7 heteroatoms. The first-order valence-corrected chi connectivity index (χ1v) is 7.03. The summed E-state index contributed by atoms with van der Waals surface area (Å²) in [7, 11) is 0. The summed E-state index contributed by atoms with van der Waals surface area (Å²) in [5, 5.41) is 12.4. The predicted octanol–water partition coefficient (Wildman–Crippen LogP) is 3.15. The quantitative estimate of drug-likeness (QED) is 0.910. The molecule has 0 saturated heterocycles. The summed E-state index contributed by atoms with van der Waals surface area (Å²) < 4.78 is 5.30. The highest BCUT2D eigenvalue weighted by molar-refractivity contribution is 6.35. The maximum Gasteiger partial charge on any atom is 0.259 e. The summed E-state index contributed by atoms with van der Waals surface area (Å²) in [4.78, 5) is 15.9. The van der Waals surface area contributed by atoms with E-state index in [1.807, 2.05) is 6.07 Å². The Hall–Kier alpha value is -2.29. The SMILES string of the molecule is N#CC(NC(=O)COc1ccc(Cl)cc1Cl)c1ccccn1. The van der Waals surface area contributed by atoms with Gasteiger partial charge in [0.2, 0.25) is 0 Å². The van der Waals surface area contributed by atoms with Gasteiger partial charge in [-0.15, -0.1) is 0 Å². The summed E-state index contributed by atoms with van der Waals surface area (Å²) in [5.41, 5.74) is 0.461. The first kappa shape index (κ1) is 16.1. The molecule has 5 nitrogen and oxygen atoms in total. The van der Waals surface area contributed by atoms with E-state index in [1.165, 1.54) is 6.07 Å². The van der Waals surface area contributed by atoms with Crippen LogP contribution in [0.3, 0.4) is 0 Å². The molecular weight excluding hydrogens is 325 g/mol. The summed E-state index contributed by atoms with van der Waals surface area (Å²) >= 11 is 11.7. The molecule has 1 aromatic heterocycles. The molecule has 1 N–H and O–H groups in total. The molecule has 1 heterocycles. The fraction of sp³-hybridized carbons (Fsp3) is 0.133. The van der Waals surface area contributed by atoms with Crippen molar-refractivity contribution in [3.05, 3.63) is 58.3 Å². The Morgan fingerprint density at radius 3 is 2.82 bits per heavy atom. The van der Waals surface area contributed by atoms with E-state index in [9.17, 15) is 4.79 Å². The number of hydrogen-bond donors (Lipinski definition) is 1. The van der Waals surface area contributed by atoms with Crippen molar-refractivity contribution in [2.75, 3.05) is 6.61 Å². The number of nitrogens with zero attached hydrogens (tertiary/aromatic N) is 2. The average Bonchev–Trinajstić information content (AvgIpc) is 2.52. The van der Waals surface area contributed by atoms with E-state index < -0.39 is 11.9 Å². The molecule has 0 fully saturated rings. The van der Waals surface area contributed by atoms with E-state index in [0.29, 0.717) is 21.5 Å². The molecular formula is C15H11Cl2N3O2. The molecule has 0 spiro atoms. The zero-order valence-corrected chi connectivity index (χ0v) is 12.8. The van der Waals surface area contributed by atoms with Gasteiger partial charge in [0.05, 0.1) is 16.8 Å². The van der Waals surface area contributed by atoms with E-state index in [-0.39, 0.29) is 6.61 Å². The number of nitrogens with one attached hydrogen (secondary N) is 1. The molecule has 0 aliphatic heterocycles. The maximum absolute atomic E-state index is 11.9. The molecule has 0 radical (unpaired) electrons. The van der Waals surface area contributed by atoms with Crippen LogP contribution in [0.15, 0.2) is 42.6 Å². The lowest BCUT2D eigenvalue weighted by atomic mass is 10.2. The van der Waals surface area contributed by atoms with Crippen LogP contribution in [0.25, 0.3) is 0 Å². The number of halogens is 2. The highest BCUT2D eigenvalue weighted by atomic mass is 35.5. The number of pyridine rings is 1. The minimum atomic E-state index is -0.835. The Morgan fingerprint density at radius 1 is 1.36 bits per heavy atom. The number of nitriles is 1. The van der Waals surface area contributed by atoms with Gasteiger partial charge in [0.15, 0.2) is 12.6 Å². The Bertz CT molecular complexity index is 702. The molecule has 1 aromatic carbocycles. The van der Waals surface area contributed by atoms with Crippen LogP contribution in [0.1, 0.15) is 11.7 Å². The van der Waals surface area contributed by atoms with E-state index >= 15 is 0 Å². The van der Waals surface area contributed by atoms with E-state index in [0.717, 1.165) is 0 Å². The zero-order valence-electron chi connectivity index (χ0n) is 11.3. The third-order valence-corrected chi connectivity index (χ3v) is 3.20. The fourth-order valence-electron chi connectivity index (χ4n) is 1.66. The number of hydrogen-bond acceptors (Lipinski definition) is 4. The van der Waals surface area contributed by atoms with Gasteiger partial charge in [-0.1, -0.05) is 29.3 Å². The first-order chi connectivity index (χ1) is 10.6. The van der Waals surface area contributed by atoms with Crippen LogP contribution < -0.4 is 10.1 Å². The van der Waals surface area contributed by atoms with Gasteiger partial charge in [0.1, 0.15) is 5.75 Å². The second-order valence-corrected chi connectivity index (χ2v) is 5.09. The second-order valence-electron chi connectivity index (χ2n) is 4.25. The topological polar surface area (TPSA) is 75.0 Å². The van der Waals surface area contributed by atoms with Gasteiger partial charge in [-0.3, -0.25) is 9.78 Å². The van der Waals surface area contributed by atoms with Crippen LogP contribution in [0.5, 0.6) is 5.75 Å². The van der Waals surface area contributed by atoms with Crippen molar-refractivity contribution in [2.45, 2.75) is 6.04 Å². The zero-order chi connectivity index (χ0) is 15.9. The largest absolute Gasteiger partial charge is 0.482 e. The number of aromatic nitrogens is 1. The Morgan fingerprint density at radius 2 is 2.18 bits per heavy atom. The van der Waals surface area contributed by atoms with Crippen LogP contribution in [0.4, 0.5) is 0 Å². The first-order valence-electron chi connectivity index (χ1n) is 6.28. The van der Waals surface area contributed by atoms with Crippen LogP contribution in [0, 0.1) is 11.3 Å². The van der Waals surface area contributed by atoms with Crippen LogP contribution >= 0.6 is 23.2 Å². The van der Waals surface area contributed by atoms with Gasteiger partial charge < -0.3 is 10.1 Å². The Labute approximate surface area is 137 Å². The number of benzene rings is 1.